The molecule has 5 heteroatoms. The first-order chi connectivity index (χ1) is 12.0. The van der Waals surface area contributed by atoms with Crippen LogP contribution in [-0.2, 0) is 11.2 Å². The number of H-pyrrole nitrogens is 1. The summed E-state index contributed by atoms with van der Waals surface area (Å²) in [4.78, 5) is 22.7. The quantitative estimate of drug-likeness (QED) is 0.878. The number of benzene rings is 1. The summed E-state index contributed by atoms with van der Waals surface area (Å²) in [5.74, 6) is 0.777. The third kappa shape index (κ3) is 4.82. The Labute approximate surface area is 150 Å². The van der Waals surface area contributed by atoms with Gasteiger partial charge in [0.1, 0.15) is 5.82 Å². The molecule has 0 radical (unpaired) electrons. The molecule has 0 saturated carbocycles. The molecule has 3 rings (SSSR count). The molecular formula is C20H30N4O. The lowest BCUT2D eigenvalue weighted by atomic mass is 10.1. The molecule has 1 amide bonds. The number of rotatable bonds is 5. The van der Waals surface area contributed by atoms with Gasteiger partial charge in [-0.25, -0.2) is 4.98 Å². The Morgan fingerprint density at radius 1 is 1.24 bits per heavy atom. The molecule has 0 spiro atoms. The zero-order chi connectivity index (χ0) is 17.8. The summed E-state index contributed by atoms with van der Waals surface area (Å²) in [7, 11) is 0. The van der Waals surface area contributed by atoms with Gasteiger partial charge in [-0.15, -0.1) is 0 Å². The van der Waals surface area contributed by atoms with Gasteiger partial charge in [0.25, 0.3) is 0 Å². The van der Waals surface area contributed by atoms with Gasteiger partial charge in [-0.3, -0.25) is 4.79 Å². The van der Waals surface area contributed by atoms with Crippen molar-refractivity contribution in [1.82, 2.24) is 20.2 Å². The predicted octanol–water partition coefficient (Wildman–Crippen LogP) is 3.10. The van der Waals surface area contributed by atoms with Crippen LogP contribution in [0.15, 0.2) is 12.1 Å². The number of imidazole rings is 1. The van der Waals surface area contributed by atoms with Gasteiger partial charge in [0.05, 0.1) is 17.5 Å². The minimum atomic E-state index is 0.0377. The first kappa shape index (κ1) is 17.9. The van der Waals surface area contributed by atoms with Crippen molar-refractivity contribution in [3.05, 3.63) is 29.1 Å². The Morgan fingerprint density at radius 2 is 1.96 bits per heavy atom. The van der Waals surface area contributed by atoms with Gasteiger partial charge in [-0.2, -0.15) is 0 Å². The number of nitrogens with zero attached hydrogens (tertiary/aromatic N) is 2. The van der Waals surface area contributed by atoms with Gasteiger partial charge >= 0.3 is 0 Å². The normalized spacial score (nSPS) is 17.4. The summed E-state index contributed by atoms with van der Waals surface area (Å²) in [5, 5.41) is 3.13. The number of aryl methyl sites for hydroxylation is 2. The molecule has 1 aromatic carbocycles. The van der Waals surface area contributed by atoms with Crippen LogP contribution in [0.1, 0.15) is 49.6 Å². The van der Waals surface area contributed by atoms with Crippen LogP contribution < -0.4 is 5.32 Å². The number of carbonyl (C=O) groups is 1. The molecule has 2 heterocycles. The minimum Gasteiger partial charge on any atom is -0.352 e. The number of nitrogens with one attached hydrogen (secondary N) is 2. The topological polar surface area (TPSA) is 61.0 Å². The minimum absolute atomic E-state index is 0.0377. The van der Waals surface area contributed by atoms with Crippen molar-refractivity contribution in [2.45, 2.75) is 58.9 Å². The average Bonchev–Trinajstić information content (AvgIpc) is 2.75. The first-order valence-electron chi connectivity index (χ1n) is 9.49. The Bertz CT molecular complexity index is 729. The molecule has 136 valence electrons. The van der Waals surface area contributed by atoms with Crippen molar-refractivity contribution in [2.75, 3.05) is 19.6 Å². The molecule has 1 fully saturated rings. The van der Waals surface area contributed by atoms with E-state index >= 15 is 0 Å². The fraction of sp³-hybridized carbons (Fsp3) is 0.600. The maximum absolute atomic E-state index is 12.4. The molecule has 5 nitrogen and oxygen atoms in total. The number of aromatic amines is 1. The Balaban J connectivity index is 1.55. The average molecular weight is 342 g/mol. The lowest BCUT2D eigenvalue weighted by Crippen LogP contribution is -2.43. The molecule has 1 aliphatic heterocycles. The molecule has 1 saturated heterocycles. The first-order valence-corrected chi connectivity index (χ1v) is 9.49. The van der Waals surface area contributed by atoms with E-state index in [0.29, 0.717) is 6.42 Å². The van der Waals surface area contributed by atoms with Crippen LogP contribution in [-0.4, -0.2) is 46.5 Å². The second-order valence-corrected chi connectivity index (χ2v) is 7.52. The van der Waals surface area contributed by atoms with Crippen LogP contribution in [0.4, 0.5) is 0 Å². The molecular weight excluding hydrogens is 312 g/mol. The van der Waals surface area contributed by atoms with Crippen molar-refractivity contribution >= 4 is 16.9 Å². The summed E-state index contributed by atoms with van der Waals surface area (Å²) in [6, 6.07) is 4.37. The molecule has 0 unspecified atom stereocenters. The number of hydrogen-bond donors (Lipinski definition) is 2. The van der Waals surface area contributed by atoms with E-state index < -0.39 is 0 Å². The highest BCUT2D eigenvalue weighted by atomic mass is 16.1. The maximum atomic E-state index is 12.4. The van der Waals surface area contributed by atoms with E-state index in [0.717, 1.165) is 42.1 Å². The lowest BCUT2D eigenvalue weighted by Gasteiger charge is -2.24. The van der Waals surface area contributed by atoms with E-state index in [-0.39, 0.29) is 11.9 Å². The van der Waals surface area contributed by atoms with Crippen LogP contribution in [0.2, 0.25) is 0 Å². The van der Waals surface area contributed by atoms with Crippen molar-refractivity contribution in [1.29, 1.82) is 0 Å². The zero-order valence-corrected chi connectivity index (χ0v) is 15.7. The highest BCUT2D eigenvalue weighted by molar-refractivity contribution is 5.82. The molecule has 2 N–H and O–H groups in total. The predicted molar refractivity (Wildman–Crippen MR) is 102 cm³/mol. The van der Waals surface area contributed by atoms with Gasteiger partial charge in [0.15, 0.2) is 0 Å². The second kappa shape index (κ2) is 8.00. The number of likely N-dealkylation sites (tertiary alicyclic amines) is 1. The third-order valence-corrected chi connectivity index (χ3v) is 4.94. The van der Waals surface area contributed by atoms with Crippen LogP contribution in [0.3, 0.4) is 0 Å². The molecule has 1 aromatic heterocycles. The van der Waals surface area contributed by atoms with Gasteiger partial charge in [0.2, 0.25) is 5.91 Å². The highest BCUT2D eigenvalue weighted by Gasteiger charge is 2.16. The molecule has 1 atom stereocenters. The van der Waals surface area contributed by atoms with Crippen LogP contribution >= 0.6 is 0 Å². The van der Waals surface area contributed by atoms with Crippen LogP contribution in [0.25, 0.3) is 11.0 Å². The van der Waals surface area contributed by atoms with E-state index in [9.17, 15) is 4.79 Å². The molecule has 0 aliphatic carbocycles. The van der Waals surface area contributed by atoms with Crippen molar-refractivity contribution in [3.63, 3.8) is 0 Å². The Kier molecular flexibility index (Phi) is 5.74. The molecule has 1 aliphatic rings. The smallest absolute Gasteiger partial charge is 0.227 e. The standard InChI is InChI=1S/C20H30N4O/c1-14-10-15(2)20-17(11-14)22-18(23-20)12-19(25)21-16(3)13-24-8-6-4-5-7-9-24/h10-11,16H,4-9,12-13H2,1-3H3,(H,21,25)(H,22,23)/t16-/m0/s1. The highest BCUT2D eigenvalue weighted by Crippen LogP contribution is 2.18. The van der Waals surface area contributed by atoms with Crippen molar-refractivity contribution in [3.8, 4) is 0 Å². The SMILES string of the molecule is Cc1cc(C)c2nc(CC(=O)N[C@@H](C)CN3CCCCCC3)[nH]c2c1. The molecule has 2 aromatic rings. The Hall–Kier alpha value is -1.88. The second-order valence-electron chi connectivity index (χ2n) is 7.52. The number of carbonyl (C=O) groups excluding carboxylic acids is 1. The lowest BCUT2D eigenvalue weighted by molar-refractivity contribution is -0.121. The number of aromatic nitrogens is 2. The van der Waals surface area contributed by atoms with E-state index in [1.165, 1.54) is 31.2 Å². The van der Waals surface area contributed by atoms with Gasteiger partial charge in [0, 0.05) is 12.6 Å². The summed E-state index contributed by atoms with van der Waals surface area (Å²) < 4.78 is 0. The Morgan fingerprint density at radius 3 is 2.68 bits per heavy atom. The summed E-state index contributed by atoms with van der Waals surface area (Å²) in [5.41, 5.74) is 4.33. The third-order valence-electron chi connectivity index (χ3n) is 4.94. The van der Waals surface area contributed by atoms with E-state index in [4.69, 9.17) is 0 Å². The maximum Gasteiger partial charge on any atom is 0.227 e. The summed E-state index contributed by atoms with van der Waals surface area (Å²) >= 11 is 0. The van der Waals surface area contributed by atoms with Gasteiger partial charge in [-0.1, -0.05) is 18.9 Å². The zero-order valence-electron chi connectivity index (χ0n) is 15.7. The van der Waals surface area contributed by atoms with Gasteiger partial charge in [-0.05, 0) is 63.9 Å². The molecule has 25 heavy (non-hydrogen) atoms. The van der Waals surface area contributed by atoms with Crippen molar-refractivity contribution in [2.24, 2.45) is 0 Å². The van der Waals surface area contributed by atoms with Crippen LogP contribution in [0, 0.1) is 13.8 Å². The number of amides is 1. The van der Waals surface area contributed by atoms with E-state index in [1.807, 2.05) is 0 Å². The summed E-state index contributed by atoms with van der Waals surface area (Å²) in [6.07, 6.45) is 5.53. The fourth-order valence-corrected chi connectivity index (χ4v) is 3.84. The van der Waals surface area contributed by atoms with E-state index in [2.05, 4.69) is 53.1 Å². The molecule has 0 bridgehead atoms. The monoisotopic (exact) mass is 342 g/mol. The largest absolute Gasteiger partial charge is 0.352 e. The van der Waals surface area contributed by atoms with E-state index in [1.54, 1.807) is 0 Å². The number of hydrogen-bond acceptors (Lipinski definition) is 3. The van der Waals surface area contributed by atoms with Gasteiger partial charge < -0.3 is 15.2 Å². The summed E-state index contributed by atoms with van der Waals surface area (Å²) in [6.45, 7) is 9.47. The number of fused-ring (bicyclic) bond motifs is 1. The fourth-order valence-electron chi connectivity index (χ4n) is 3.84. The van der Waals surface area contributed by atoms with Crippen LogP contribution in [0.5, 0.6) is 0 Å². The van der Waals surface area contributed by atoms with Crippen molar-refractivity contribution < 1.29 is 4.79 Å².